The Bertz CT molecular complexity index is 790. The smallest absolute Gasteiger partial charge is 0.362 e. The van der Waals surface area contributed by atoms with E-state index in [0.29, 0.717) is 42.6 Å². The van der Waals surface area contributed by atoms with Crippen molar-refractivity contribution in [2.45, 2.75) is 92.3 Å². The molecule has 4 bridgehead atoms. The normalized spacial score (nSPS) is 41.9. The van der Waals surface area contributed by atoms with Crippen LogP contribution in [0, 0.1) is 33.5 Å². The van der Waals surface area contributed by atoms with Crippen LogP contribution in [0.2, 0.25) is 0 Å². The Morgan fingerprint density at radius 1 is 0.771 bits per heavy atom. The molecule has 7 heteroatoms. The molecule has 0 amide bonds. The van der Waals surface area contributed by atoms with E-state index in [1.807, 2.05) is 0 Å². The first-order chi connectivity index (χ1) is 15.8. The van der Waals surface area contributed by atoms with E-state index in [1.54, 1.807) is 0 Å². The van der Waals surface area contributed by atoms with Crippen LogP contribution in [0.4, 0.5) is 0 Å². The Morgan fingerprint density at radius 3 is 1.49 bits per heavy atom. The molecule has 0 N–H and O–H groups in total. The van der Waals surface area contributed by atoms with E-state index in [1.165, 1.54) is 12.8 Å². The van der Waals surface area contributed by atoms with E-state index in [-0.39, 0.29) is 75.9 Å². The molecule has 0 aromatic heterocycles. The number of fused-ring (bicyclic) bond motifs is 4. The first kappa shape index (κ1) is 27.4. The average molecular weight is 557 g/mol. The Kier molecular flexibility index (Phi) is 7.02. The van der Waals surface area contributed by atoms with E-state index >= 15 is 0 Å². The summed E-state index contributed by atoms with van der Waals surface area (Å²) in [5.74, 6) is 0.919. The summed E-state index contributed by atoms with van der Waals surface area (Å²) < 4.78 is 18.3. The van der Waals surface area contributed by atoms with Crippen LogP contribution in [0.3, 0.4) is 0 Å². The van der Waals surface area contributed by atoms with Crippen molar-refractivity contribution in [2.75, 3.05) is 39.4 Å². The Hall–Kier alpha value is -0.660. The summed E-state index contributed by atoms with van der Waals surface area (Å²) in [6, 6.07) is 0. The fourth-order valence-corrected chi connectivity index (χ4v) is 8.66. The maximum absolute atomic E-state index is 13.2. The molecule has 35 heavy (non-hydrogen) atoms. The van der Waals surface area contributed by atoms with E-state index in [9.17, 15) is 9.59 Å². The molecule has 1 saturated heterocycles. The number of nitrogens with zero attached hydrogens (tertiary/aromatic N) is 1. The Balaban J connectivity index is 0.00000289. The Labute approximate surface area is 222 Å². The number of ether oxygens (including phenoxy) is 3. The molecule has 4 aliphatic carbocycles. The highest BCUT2D eigenvalue weighted by atomic mass is 79.9. The van der Waals surface area contributed by atoms with E-state index in [0.717, 1.165) is 25.7 Å². The maximum Gasteiger partial charge on any atom is 0.362 e. The SMILES string of the molecule is CC1(C)C2CCC1(C)C(OC(=O)C[N+]1(CC(=O)OC3CC4CCC3(C)C4(C)C)CCOCC1)C2.[Br-]. The number of carbonyl (C=O) groups is 2. The lowest BCUT2D eigenvalue weighted by Crippen LogP contribution is -3.00. The number of hydrogen-bond acceptors (Lipinski definition) is 5. The minimum atomic E-state index is -0.169. The molecular weight excluding hydrogens is 510 g/mol. The molecule has 200 valence electrons. The van der Waals surface area contributed by atoms with Crippen molar-refractivity contribution in [2.24, 2.45) is 33.5 Å². The fourth-order valence-electron chi connectivity index (χ4n) is 8.66. The van der Waals surface area contributed by atoms with Crippen molar-refractivity contribution in [1.29, 1.82) is 0 Å². The van der Waals surface area contributed by atoms with Crippen molar-refractivity contribution in [3.63, 3.8) is 0 Å². The van der Waals surface area contributed by atoms with Crippen molar-refractivity contribution in [3.05, 3.63) is 0 Å². The highest BCUT2D eigenvalue weighted by Gasteiger charge is 2.64. The van der Waals surface area contributed by atoms with Gasteiger partial charge in [0.1, 0.15) is 25.3 Å². The number of carbonyl (C=O) groups excluding carboxylic acids is 2. The lowest BCUT2D eigenvalue weighted by Gasteiger charge is -2.42. The minimum Gasteiger partial charge on any atom is -1.00 e. The predicted molar refractivity (Wildman–Crippen MR) is 129 cm³/mol. The van der Waals surface area contributed by atoms with E-state index in [4.69, 9.17) is 14.2 Å². The standard InChI is InChI=1S/C28H46NO5.BrH/c1-25(2)19-7-9-27(25,5)21(15-19)33-23(30)17-29(11-13-32-14-12-29)18-24(31)34-22-16-20-8-10-28(22,6)26(20,3)4;/h19-22H,7-18H2,1-6H3;1H/q+1;/p-1. The van der Waals surface area contributed by atoms with Gasteiger partial charge in [-0.2, -0.15) is 0 Å². The highest BCUT2D eigenvalue weighted by Crippen LogP contribution is 2.67. The lowest BCUT2D eigenvalue weighted by atomic mass is 9.70. The zero-order valence-electron chi connectivity index (χ0n) is 22.7. The average Bonchev–Trinajstić information content (AvgIpc) is 3.26. The van der Waals surface area contributed by atoms with Gasteiger partial charge in [-0.3, -0.25) is 0 Å². The summed E-state index contributed by atoms with van der Waals surface area (Å²) in [5, 5.41) is 0. The van der Waals surface area contributed by atoms with Crippen molar-refractivity contribution < 1.29 is 45.3 Å². The van der Waals surface area contributed by atoms with Gasteiger partial charge in [0, 0.05) is 10.8 Å². The third-order valence-corrected chi connectivity index (χ3v) is 12.3. The lowest BCUT2D eigenvalue weighted by molar-refractivity contribution is -0.921. The van der Waals surface area contributed by atoms with Crippen LogP contribution in [0.5, 0.6) is 0 Å². The monoisotopic (exact) mass is 555 g/mol. The molecule has 0 aromatic rings. The van der Waals surface area contributed by atoms with E-state index < -0.39 is 0 Å². The summed E-state index contributed by atoms with van der Waals surface area (Å²) >= 11 is 0. The second kappa shape index (κ2) is 8.97. The molecule has 1 heterocycles. The van der Waals surface area contributed by atoms with Gasteiger partial charge in [-0.1, -0.05) is 41.5 Å². The molecule has 6 unspecified atom stereocenters. The summed E-state index contributed by atoms with van der Waals surface area (Å²) in [7, 11) is 0. The summed E-state index contributed by atoms with van der Waals surface area (Å²) in [5.41, 5.74) is 0.507. The zero-order valence-corrected chi connectivity index (χ0v) is 24.2. The molecule has 5 aliphatic rings. The third kappa shape index (κ3) is 4.10. The fraction of sp³-hybridized carbons (Fsp3) is 0.929. The van der Waals surface area contributed by atoms with Gasteiger partial charge in [0.2, 0.25) is 0 Å². The van der Waals surface area contributed by atoms with Crippen molar-refractivity contribution in [1.82, 2.24) is 0 Å². The zero-order chi connectivity index (χ0) is 24.6. The van der Waals surface area contributed by atoms with Crippen LogP contribution in [0.25, 0.3) is 0 Å². The van der Waals surface area contributed by atoms with Gasteiger partial charge < -0.3 is 35.7 Å². The number of halogens is 1. The van der Waals surface area contributed by atoms with Gasteiger partial charge in [0.05, 0.1) is 13.2 Å². The van der Waals surface area contributed by atoms with Crippen LogP contribution in [-0.4, -0.2) is 68.0 Å². The molecule has 1 aliphatic heterocycles. The van der Waals surface area contributed by atoms with E-state index in [2.05, 4.69) is 41.5 Å². The van der Waals surface area contributed by atoms with Gasteiger partial charge in [-0.05, 0) is 61.2 Å². The number of hydrogen-bond donors (Lipinski definition) is 0. The van der Waals surface area contributed by atoms with Gasteiger partial charge in [-0.25, -0.2) is 9.59 Å². The van der Waals surface area contributed by atoms with Crippen molar-refractivity contribution in [3.8, 4) is 0 Å². The molecule has 0 radical (unpaired) electrons. The summed E-state index contributed by atoms with van der Waals surface area (Å²) in [6.45, 7) is 16.8. The molecule has 0 spiro atoms. The van der Waals surface area contributed by atoms with Crippen LogP contribution in [0.15, 0.2) is 0 Å². The second-order valence-corrected chi connectivity index (χ2v) is 13.9. The molecule has 4 saturated carbocycles. The summed E-state index contributed by atoms with van der Waals surface area (Å²) in [6.07, 6.45) is 6.63. The number of morpholine rings is 1. The second-order valence-electron chi connectivity index (χ2n) is 13.9. The summed E-state index contributed by atoms with van der Waals surface area (Å²) in [4.78, 5) is 26.5. The molecule has 6 nitrogen and oxygen atoms in total. The maximum atomic E-state index is 13.2. The third-order valence-electron chi connectivity index (χ3n) is 12.3. The molecule has 5 fully saturated rings. The molecule has 0 aromatic carbocycles. The van der Waals surface area contributed by atoms with Gasteiger partial charge in [0.15, 0.2) is 13.1 Å². The van der Waals surface area contributed by atoms with Crippen molar-refractivity contribution >= 4 is 11.9 Å². The van der Waals surface area contributed by atoms with Crippen LogP contribution in [-0.2, 0) is 23.8 Å². The number of rotatable bonds is 6. The topological polar surface area (TPSA) is 61.8 Å². The van der Waals surface area contributed by atoms with Gasteiger partial charge in [0.25, 0.3) is 0 Å². The number of esters is 2. The minimum absolute atomic E-state index is 0. The quantitative estimate of drug-likeness (QED) is 0.365. The largest absolute Gasteiger partial charge is 1.00 e. The first-order valence-corrected chi connectivity index (χ1v) is 13.6. The van der Waals surface area contributed by atoms with Crippen LogP contribution in [0.1, 0.15) is 80.1 Å². The number of quaternary nitrogens is 1. The first-order valence-electron chi connectivity index (χ1n) is 13.6. The molecular formula is C28H46BrNO5. The van der Waals surface area contributed by atoms with Gasteiger partial charge in [-0.15, -0.1) is 0 Å². The molecule has 5 rings (SSSR count). The van der Waals surface area contributed by atoms with Gasteiger partial charge >= 0.3 is 11.9 Å². The Morgan fingerprint density at radius 2 is 1.17 bits per heavy atom. The predicted octanol–water partition coefficient (Wildman–Crippen LogP) is 1.35. The molecule has 6 atom stereocenters. The van der Waals surface area contributed by atoms with Crippen LogP contribution < -0.4 is 17.0 Å². The highest BCUT2D eigenvalue weighted by molar-refractivity contribution is 5.73. The van der Waals surface area contributed by atoms with Crippen LogP contribution >= 0.6 is 0 Å².